The van der Waals surface area contributed by atoms with Gasteiger partial charge in [-0.25, -0.2) is 13.4 Å². The van der Waals surface area contributed by atoms with Gasteiger partial charge in [-0.15, -0.1) is 0 Å². The molecule has 30 heavy (non-hydrogen) atoms. The number of ether oxygens (including phenoxy) is 2. The van der Waals surface area contributed by atoms with Crippen LogP contribution in [-0.4, -0.2) is 59.3 Å². The number of aromatic nitrogens is 4. The Hall–Kier alpha value is -2.85. The molecule has 3 heterocycles. The second kappa shape index (κ2) is 8.49. The van der Waals surface area contributed by atoms with Crippen LogP contribution < -0.4 is 9.47 Å². The molecular formula is C20H25N5O4S. The number of sulfonamides is 1. The van der Waals surface area contributed by atoms with Gasteiger partial charge < -0.3 is 14.0 Å². The van der Waals surface area contributed by atoms with E-state index in [0.29, 0.717) is 37.6 Å². The summed E-state index contributed by atoms with van der Waals surface area (Å²) in [6, 6.07) is 9.51. The summed E-state index contributed by atoms with van der Waals surface area (Å²) >= 11 is 0. The Balaban J connectivity index is 1.34. The van der Waals surface area contributed by atoms with Gasteiger partial charge in [0, 0.05) is 44.4 Å². The van der Waals surface area contributed by atoms with Gasteiger partial charge in [-0.1, -0.05) is 12.1 Å². The van der Waals surface area contributed by atoms with Crippen molar-refractivity contribution in [2.45, 2.75) is 23.8 Å². The van der Waals surface area contributed by atoms with Crippen LogP contribution in [0.5, 0.6) is 11.5 Å². The molecule has 1 aromatic carbocycles. The Bertz CT molecular complexity index is 1110. The Labute approximate surface area is 175 Å². The molecule has 160 valence electrons. The molecule has 0 spiro atoms. The normalized spacial score (nSPS) is 17.3. The number of methoxy groups -OCH3 is 1. The van der Waals surface area contributed by atoms with E-state index >= 15 is 0 Å². The first-order chi connectivity index (χ1) is 14.5. The predicted octanol–water partition coefficient (Wildman–Crippen LogP) is 1.95. The molecule has 1 aliphatic rings. The third-order valence-electron chi connectivity index (χ3n) is 5.20. The van der Waals surface area contributed by atoms with Gasteiger partial charge in [0.2, 0.25) is 0 Å². The summed E-state index contributed by atoms with van der Waals surface area (Å²) in [5.74, 6) is 1.46. The van der Waals surface area contributed by atoms with Gasteiger partial charge in [-0.05, 0) is 24.6 Å². The zero-order chi connectivity index (χ0) is 21.1. The van der Waals surface area contributed by atoms with Crippen molar-refractivity contribution in [1.29, 1.82) is 0 Å². The Morgan fingerprint density at radius 1 is 1.27 bits per heavy atom. The first-order valence-corrected chi connectivity index (χ1v) is 11.2. The van der Waals surface area contributed by atoms with Gasteiger partial charge in [0.15, 0.2) is 16.5 Å². The van der Waals surface area contributed by atoms with Gasteiger partial charge >= 0.3 is 0 Å². The number of para-hydroxylation sites is 2. The number of nitrogens with one attached hydrogen (secondary N) is 1. The summed E-state index contributed by atoms with van der Waals surface area (Å²) in [5.41, 5.74) is 1.83. The molecule has 1 atom stereocenters. The maximum Gasteiger partial charge on any atom is 0.262 e. The lowest BCUT2D eigenvalue weighted by atomic mass is 10.0. The summed E-state index contributed by atoms with van der Waals surface area (Å²) in [7, 11) is -0.207. The van der Waals surface area contributed by atoms with Crippen molar-refractivity contribution < 1.29 is 17.9 Å². The van der Waals surface area contributed by atoms with E-state index in [-0.39, 0.29) is 10.9 Å². The average molecular weight is 432 g/mol. The number of rotatable bonds is 8. The third kappa shape index (κ3) is 4.19. The van der Waals surface area contributed by atoms with Crippen molar-refractivity contribution in [3.05, 3.63) is 54.2 Å². The van der Waals surface area contributed by atoms with E-state index in [2.05, 4.69) is 15.2 Å². The number of benzene rings is 1. The zero-order valence-corrected chi connectivity index (χ0v) is 17.8. The molecule has 0 radical (unpaired) electrons. The molecule has 9 nitrogen and oxygen atoms in total. The van der Waals surface area contributed by atoms with Crippen molar-refractivity contribution in [3.8, 4) is 11.5 Å². The Morgan fingerprint density at radius 2 is 2.07 bits per heavy atom. The minimum atomic E-state index is -3.57. The Morgan fingerprint density at radius 3 is 2.80 bits per heavy atom. The van der Waals surface area contributed by atoms with E-state index in [9.17, 15) is 8.42 Å². The zero-order valence-electron chi connectivity index (χ0n) is 17.0. The fourth-order valence-electron chi connectivity index (χ4n) is 3.57. The summed E-state index contributed by atoms with van der Waals surface area (Å²) < 4.78 is 39.7. The second-order valence-corrected chi connectivity index (χ2v) is 9.18. The second-order valence-electron chi connectivity index (χ2n) is 7.29. The number of hydrogen-bond donors (Lipinski definition) is 1. The third-order valence-corrected chi connectivity index (χ3v) is 6.95. The molecule has 1 fully saturated rings. The van der Waals surface area contributed by atoms with Crippen LogP contribution in [0.25, 0.3) is 0 Å². The quantitative estimate of drug-likeness (QED) is 0.585. The van der Waals surface area contributed by atoms with Crippen LogP contribution in [0.1, 0.15) is 23.7 Å². The van der Waals surface area contributed by atoms with Crippen molar-refractivity contribution >= 4 is 10.0 Å². The smallest absolute Gasteiger partial charge is 0.262 e. The fraction of sp³-hybridized carbons (Fsp3) is 0.400. The standard InChI is InChI=1S/C20H25N5O4S/c1-24-13-20(21-14-24)30(26,27)25-9-7-15(12-25)17-11-16(22-23-17)8-10-29-19-6-4-3-5-18(19)28-2/h3-6,11,13-15H,7-10,12H2,1-2H3,(H,22,23)/t15-/m1/s1. The molecular weight excluding hydrogens is 406 g/mol. The highest BCUT2D eigenvalue weighted by atomic mass is 32.2. The minimum Gasteiger partial charge on any atom is -0.493 e. The molecule has 0 unspecified atom stereocenters. The lowest BCUT2D eigenvalue weighted by molar-refractivity contribution is 0.296. The van der Waals surface area contributed by atoms with Crippen LogP contribution >= 0.6 is 0 Å². The van der Waals surface area contributed by atoms with Crippen molar-refractivity contribution in [1.82, 2.24) is 24.1 Å². The summed E-state index contributed by atoms with van der Waals surface area (Å²) in [6.07, 6.45) is 4.41. The van der Waals surface area contributed by atoms with Crippen LogP contribution in [0.4, 0.5) is 0 Å². The van der Waals surface area contributed by atoms with Crippen LogP contribution in [-0.2, 0) is 23.5 Å². The molecule has 2 aromatic heterocycles. The molecule has 3 aromatic rings. The number of nitrogens with zero attached hydrogens (tertiary/aromatic N) is 4. The lowest BCUT2D eigenvalue weighted by Crippen LogP contribution is -2.29. The number of H-pyrrole nitrogens is 1. The molecule has 0 bridgehead atoms. The summed E-state index contributed by atoms with van der Waals surface area (Å²) in [6.45, 7) is 1.34. The SMILES string of the molecule is COc1ccccc1OCCc1cc([C@@H]2CCN(S(=O)(=O)c3cn(C)cn3)C2)n[nH]1. The maximum absolute atomic E-state index is 12.8. The highest BCUT2D eigenvalue weighted by Crippen LogP contribution is 2.30. The summed E-state index contributed by atoms with van der Waals surface area (Å²) in [4.78, 5) is 3.99. The molecule has 1 N–H and O–H groups in total. The van der Waals surface area contributed by atoms with Gasteiger partial charge in [0.1, 0.15) is 0 Å². The fourth-order valence-corrected chi connectivity index (χ4v) is 5.03. The van der Waals surface area contributed by atoms with Crippen LogP contribution in [0, 0.1) is 0 Å². The highest BCUT2D eigenvalue weighted by Gasteiger charge is 2.35. The van der Waals surface area contributed by atoms with Crippen molar-refractivity contribution in [2.24, 2.45) is 7.05 Å². The number of aryl methyl sites for hydroxylation is 1. The van der Waals surface area contributed by atoms with E-state index in [1.165, 1.54) is 16.8 Å². The van der Waals surface area contributed by atoms with Crippen molar-refractivity contribution in [3.63, 3.8) is 0 Å². The van der Waals surface area contributed by atoms with Crippen LogP contribution in [0.2, 0.25) is 0 Å². The molecule has 0 saturated carbocycles. The maximum atomic E-state index is 12.8. The van der Waals surface area contributed by atoms with Crippen LogP contribution in [0.3, 0.4) is 0 Å². The van der Waals surface area contributed by atoms with E-state index < -0.39 is 10.0 Å². The number of hydrogen-bond acceptors (Lipinski definition) is 6. The van der Waals surface area contributed by atoms with E-state index in [1.807, 2.05) is 30.3 Å². The van der Waals surface area contributed by atoms with Crippen LogP contribution in [0.15, 0.2) is 47.9 Å². The van der Waals surface area contributed by atoms with E-state index in [1.54, 1.807) is 18.7 Å². The summed E-state index contributed by atoms with van der Waals surface area (Å²) in [5, 5.41) is 7.53. The van der Waals surface area contributed by atoms with Crippen molar-refractivity contribution in [2.75, 3.05) is 26.8 Å². The topological polar surface area (TPSA) is 102 Å². The first-order valence-electron chi connectivity index (χ1n) is 9.75. The Kier molecular flexibility index (Phi) is 5.78. The van der Waals surface area contributed by atoms with Gasteiger partial charge in [0.25, 0.3) is 10.0 Å². The predicted molar refractivity (Wildman–Crippen MR) is 110 cm³/mol. The number of imidazole rings is 1. The molecule has 0 aliphatic carbocycles. The molecule has 1 saturated heterocycles. The number of aromatic amines is 1. The molecule has 0 amide bonds. The molecule has 1 aliphatic heterocycles. The molecule has 4 rings (SSSR count). The minimum absolute atomic E-state index is 0.0589. The van der Waals surface area contributed by atoms with Gasteiger partial charge in [0.05, 0.1) is 25.7 Å². The van der Waals surface area contributed by atoms with E-state index in [4.69, 9.17) is 9.47 Å². The first kappa shape index (κ1) is 20.4. The van der Waals surface area contributed by atoms with Gasteiger partial charge in [-0.2, -0.15) is 9.40 Å². The monoisotopic (exact) mass is 431 g/mol. The van der Waals surface area contributed by atoms with Gasteiger partial charge in [-0.3, -0.25) is 5.10 Å². The average Bonchev–Trinajstić information content (AvgIpc) is 3.49. The highest BCUT2D eigenvalue weighted by molar-refractivity contribution is 7.89. The van der Waals surface area contributed by atoms with E-state index in [0.717, 1.165) is 17.8 Å². The largest absolute Gasteiger partial charge is 0.493 e. The lowest BCUT2D eigenvalue weighted by Gasteiger charge is -2.14. The molecule has 10 heteroatoms.